The lowest BCUT2D eigenvalue weighted by Crippen LogP contribution is -2.46. The first-order chi connectivity index (χ1) is 14.1. The molecule has 7 nitrogen and oxygen atoms in total. The Morgan fingerprint density at radius 1 is 1.14 bits per heavy atom. The molecular formula is C22H28N4O3. The first-order valence-corrected chi connectivity index (χ1v) is 10.1. The number of ether oxygens (including phenoxy) is 1. The van der Waals surface area contributed by atoms with E-state index in [2.05, 4.69) is 28.6 Å². The summed E-state index contributed by atoms with van der Waals surface area (Å²) in [4.78, 5) is 30.3. The molecule has 7 heteroatoms. The molecule has 2 N–H and O–H groups in total. The number of aryl methyl sites for hydroxylation is 1. The van der Waals surface area contributed by atoms with Crippen LogP contribution in [-0.4, -0.2) is 47.6 Å². The van der Waals surface area contributed by atoms with Gasteiger partial charge in [-0.1, -0.05) is 25.1 Å². The molecule has 1 aliphatic heterocycles. The predicted molar refractivity (Wildman–Crippen MR) is 112 cm³/mol. The molecule has 1 saturated heterocycles. The Balaban J connectivity index is 1.52. The molecule has 2 amide bonds. The van der Waals surface area contributed by atoms with E-state index in [0.29, 0.717) is 43.9 Å². The monoisotopic (exact) mass is 396 g/mol. The van der Waals surface area contributed by atoms with Gasteiger partial charge in [0.25, 0.3) is 5.91 Å². The molecule has 0 unspecified atom stereocenters. The van der Waals surface area contributed by atoms with Crippen molar-refractivity contribution in [2.45, 2.75) is 39.2 Å². The van der Waals surface area contributed by atoms with E-state index < -0.39 is 0 Å². The van der Waals surface area contributed by atoms with E-state index in [1.165, 1.54) is 5.56 Å². The minimum atomic E-state index is -0.283. The van der Waals surface area contributed by atoms with Crippen LogP contribution >= 0.6 is 0 Å². The predicted octanol–water partition coefficient (Wildman–Crippen LogP) is 3.74. The normalized spacial score (nSPS) is 14.3. The van der Waals surface area contributed by atoms with Crippen LogP contribution in [-0.2, 0) is 11.2 Å². The van der Waals surface area contributed by atoms with Crippen LogP contribution in [0.5, 0.6) is 0 Å². The topological polar surface area (TPSA) is 83.6 Å². The first kappa shape index (κ1) is 20.6. The molecule has 0 saturated carbocycles. The van der Waals surface area contributed by atoms with Crippen molar-refractivity contribution >= 4 is 23.5 Å². The second-order valence-corrected chi connectivity index (χ2v) is 7.00. The second-order valence-electron chi connectivity index (χ2n) is 7.00. The van der Waals surface area contributed by atoms with Gasteiger partial charge in [0.05, 0.1) is 12.2 Å². The number of hydrogen-bond donors (Lipinski definition) is 2. The third-order valence-corrected chi connectivity index (χ3v) is 5.04. The Bertz CT molecular complexity index is 830. The van der Waals surface area contributed by atoms with Gasteiger partial charge in [-0.25, -0.2) is 9.78 Å². The van der Waals surface area contributed by atoms with Gasteiger partial charge in [0.1, 0.15) is 5.82 Å². The molecule has 0 spiro atoms. The number of anilines is 2. The van der Waals surface area contributed by atoms with E-state index >= 15 is 0 Å². The standard InChI is InChI=1S/C22H28N4O3/c1-3-16-7-5-6-8-19(16)25-20-10-9-17(15-23-20)21(27)24-18-11-13-26(14-12-18)22(28)29-4-2/h5-10,15,18H,3-4,11-14H2,1-2H3,(H,23,25)(H,24,27). The maximum atomic E-state index is 12.5. The number of pyridine rings is 1. The van der Waals surface area contributed by atoms with Crippen molar-refractivity contribution in [1.82, 2.24) is 15.2 Å². The lowest BCUT2D eigenvalue weighted by Gasteiger charge is -2.31. The molecular weight excluding hydrogens is 368 g/mol. The zero-order valence-corrected chi connectivity index (χ0v) is 17.0. The Hall–Kier alpha value is -3.09. The molecule has 0 atom stereocenters. The van der Waals surface area contributed by atoms with Crippen LogP contribution in [0, 0.1) is 0 Å². The molecule has 29 heavy (non-hydrogen) atoms. The summed E-state index contributed by atoms with van der Waals surface area (Å²) >= 11 is 0. The van der Waals surface area contributed by atoms with E-state index in [9.17, 15) is 9.59 Å². The number of likely N-dealkylation sites (tertiary alicyclic amines) is 1. The number of rotatable bonds is 6. The number of carbonyl (C=O) groups is 2. The molecule has 154 valence electrons. The van der Waals surface area contributed by atoms with Crippen molar-refractivity contribution in [3.63, 3.8) is 0 Å². The third kappa shape index (κ3) is 5.47. The summed E-state index contributed by atoms with van der Waals surface area (Å²) in [5.74, 6) is 0.554. The fourth-order valence-corrected chi connectivity index (χ4v) is 3.38. The number of piperidine rings is 1. The van der Waals surface area contributed by atoms with Gasteiger partial charge in [-0.3, -0.25) is 4.79 Å². The smallest absolute Gasteiger partial charge is 0.409 e. The van der Waals surface area contributed by atoms with E-state index in [4.69, 9.17) is 4.74 Å². The zero-order valence-electron chi connectivity index (χ0n) is 17.0. The van der Waals surface area contributed by atoms with Crippen molar-refractivity contribution in [2.75, 3.05) is 25.0 Å². The highest BCUT2D eigenvalue weighted by Gasteiger charge is 2.24. The first-order valence-electron chi connectivity index (χ1n) is 10.1. The number of para-hydroxylation sites is 1. The van der Waals surface area contributed by atoms with Crippen LogP contribution in [0.2, 0.25) is 0 Å². The van der Waals surface area contributed by atoms with Gasteiger partial charge in [0.2, 0.25) is 0 Å². The summed E-state index contributed by atoms with van der Waals surface area (Å²) in [6.07, 6.45) is 3.66. The van der Waals surface area contributed by atoms with Crippen LogP contribution in [0.25, 0.3) is 0 Å². The summed E-state index contributed by atoms with van der Waals surface area (Å²) in [5, 5.41) is 6.34. The molecule has 2 heterocycles. The number of nitrogens with one attached hydrogen (secondary N) is 2. The Morgan fingerprint density at radius 3 is 2.55 bits per heavy atom. The fourth-order valence-electron chi connectivity index (χ4n) is 3.38. The number of aromatic nitrogens is 1. The Labute approximate surface area is 171 Å². The van der Waals surface area contributed by atoms with Crippen molar-refractivity contribution in [3.05, 3.63) is 53.7 Å². The van der Waals surface area contributed by atoms with E-state index in [-0.39, 0.29) is 18.0 Å². The van der Waals surface area contributed by atoms with Gasteiger partial charge in [0, 0.05) is 31.0 Å². The van der Waals surface area contributed by atoms with Gasteiger partial charge < -0.3 is 20.3 Å². The number of carbonyl (C=O) groups excluding carboxylic acids is 2. The lowest BCUT2D eigenvalue weighted by atomic mass is 10.0. The molecule has 0 aliphatic carbocycles. The summed E-state index contributed by atoms with van der Waals surface area (Å²) in [7, 11) is 0. The second kappa shape index (κ2) is 9.91. The Morgan fingerprint density at radius 2 is 1.90 bits per heavy atom. The van der Waals surface area contributed by atoms with Crippen LogP contribution in [0.15, 0.2) is 42.6 Å². The molecule has 1 aromatic carbocycles. The van der Waals surface area contributed by atoms with E-state index in [1.807, 2.05) is 24.3 Å². The van der Waals surface area contributed by atoms with Crippen molar-refractivity contribution in [3.8, 4) is 0 Å². The maximum Gasteiger partial charge on any atom is 0.409 e. The lowest BCUT2D eigenvalue weighted by molar-refractivity contribution is 0.0860. The van der Waals surface area contributed by atoms with Gasteiger partial charge >= 0.3 is 6.09 Å². The molecule has 1 aromatic heterocycles. The summed E-state index contributed by atoms with van der Waals surface area (Å²) in [6, 6.07) is 11.7. The van der Waals surface area contributed by atoms with Crippen molar-refractivity contribution in [2.24, 2.45) is 0 Å². The molecule has 0 bridgehead atoms. The number of amides is 2. The van der Waals surface area contributed by atoms with Crippen LogP contribution in [0.1, 0.15) is 42.6 Å². The summed E-state index contributed by atoms with van der Waals surface area (Å²) < 4.78 is 5.02. The molecule has 3 rings (SSSR count). The molecule has 1 fully saturated rings. The number of nitrogens with zero attached hydrogens (tertiary/aromatic N) is 2. The van der Waals surface area contributed by atoms with Gasteiger partial charge in [-0.05, 0) is 49.9 Å². The van der Waals surface area contributed by atoms with Crippen LogP contribution < -0.4 is 10.6 Å². The van der Waals surface area contributed by atoms with Crippen LogP contribution in [0.3, 0.4) is 0 Å². The van der Waals surface area contributed by atoms with E-state index in [1.54, 1.807) is 24.1 Å². The van der Waals surface area contributed by atoms with Gasteiger partial charge in [0.15, 0.2) is 0 Å². The average molecular weight is 396 g/mol. The number of benzene rings is 1. The SMILES string of the molecule is CCOC(=O)N1CCC(NC(=O)c2ccc(Nc3ccccc3CC)nc2)CC1. The number of hydrogen-bond acceptors (Lipinski definition) is 5. The summed E-state index contributed by atoms with van der Waals surface area (Å²) in [6.45, 7) is 5.45. The van der Waals surface area contributed by atoms with Gasteiger partial charge in [-0.2, -0.15) is 0 Å². The highest BCUT2D eigenvalue weighted by molar-refractivity contribution is 5.94. The highest BCUT2D eigenvalue weighted by Crippen LogP contribution is 2.20. The quantitative estimate of drug-likeness (QED) is 0.777. The van der Waals surface area contributed by atoms with Gasteiger partial charge in [-0.15, -0.1) is 0 Å². The van der Waals surface area contributed by atoms with E-state index in [0.717, 1.165) is 12.1 Å². The maximum absolute atomic E-state index is 12.5. The molecule has 2 aromatic rings. The highest BCUT2D eigenvalue weighted by atomic mass is 16.6. The molecule has 1 aliphatic rings. The zero-order chi connectivity index (χ0) is 20.6. The largest absolute Gasteiger partial charge is 0.450 e. The third-order valence-electron chi connectivity index (χ3n) is 5.04. The van der Waals surface area contributed by atoms with Crippen molar-refractivity contribution < 1.29 is 14.3 Å². The summed E-state index contributed by atoms with van der Waals surface area (Å²) in [5.41, 5.74) is 2.76. The Kier molecular flexibility index (Phi) is 7.05. The fraction of sp³-hybridized carbons (Fsp3) is 0.409. The minimum Gasteiger partial charge on any atom is -0.450 e. The minimum absolute atomic E-state index is 0.0439. The average Bonchev–Trinajstić information content (AvgIpc) is 2.75. The van der Waals surface area contributed by atoms with Crippen molar-refractivity contribution in [1.29, 1.82) is 0 Å². The molecule has 0 radical (unpaired) electrons. The van der Waals surface area contributed by atoms with Crippen LogP contribution in [0.4, 0.5) is 16.3 Å².